The van der Waals surface area contributed by atoms with Gasteiger partial charge in [0.1, 0.15) is 5.82 Å². The highest BCUT2D eigenvalue weighted by Gasteiger charge is 2.21. The van der Waals surface area contributed by atoms with Gasteiger partial charge in [-0.2, -0.15) is 0 Å². The van der Waals surface area contributed by atoms with Crippen LogP contribution in [0.5, 0.6) is 0 Å². The normalized spacial score (nSPS) is 15.0. The Morgan fingerprint density at radius 2 is 1.62 bits per heavy atom. The van der Waals surface area contributed by atoms with Crippen LogP contribution in [-0.2, 0) is 0 Å². The van der Waals surface area contributed by atoms with Crippen molar-refractivity contribution in [2.45, 2.75) is 0 Å². The molecule has 0 unspecified atom stereocenters. The zero-order chi connectivity index (χ0) is 14.7. The molecule has 3 rings (SSSR count). The number of benzene rings is 1. The van der Waals surface area contributed by atoms with E-state index in [2.05, 4.69) is 26.9 Å². The fourth-order valence-corrected chi connectivity index (χ4v) is 2.66. The number of piperazine rings is 1. The van der Waals surface area contributed by atoms with Gasteiger partial charge in [0, 0.05) is 38.1 Å². The second kappa shape index (κ2) is 5.83. The molecule has 5 nitrogen and oxygen atoms in total. The standard InChI is InChI=1S/C16H18N4O/c17-15(21)14-7-4-8-18-16(14)20-11-9-19(10-12-20)13-5-2-1-3-6-13/h1-8H,9-12H2,(H2,17,21). The summed E-state index contributed by atoms with van der Waals surface area (Å²) in [6.45, 7) is 3.45. The zero-order valence-corrected chi connectivity index (χ0v) is 11.8. The third kappa shape index (κ3) is 2.81. The van der Waals surface area contributed by atoms with E-state index in [-0.39, 0.29) is 0 Å². The Bertz CT molecular complexity index is 621. The number of primary amides is 1. The maximum absolute atomic E-state index is 11.5. The lowest BCUT2D eigenvalue weighted by Crippen LogP contribution is -2.47. The number of aromatic nitrogens is 1. The molecule has 2 heterocycles. The van der Waals surface area contributed by atoms with Crippen LogP contribution >= 0.6 is 0 Å². The molecule has 1 aliphatic rings. The molecular formula is C16H18N4O. The Labute approximate surface area is 124 Å². The summed E-state index contributed by atoms with van der Waals surface area (Å²) in [4.78, 5) is 20.3. The fourth-order valence-electron chi connectivity index (χ4n) is 2.66. The molecule has 0 radical (unpaired) electrons. The van der Waals surface area contributed by atoms with Crippen LogP contribution in [0.2, 0.25) is 0 Å². The number of hydrogen-bond acceptors (Lipinski definition) is 4. The second-order valence-corrected chi connectivity index (χ2v) is 5.05. The molecule has 0 bridgehead atoms. The average molecular weight is 282 g/mol. The first-order valence-electron chi connectivity index (χ1n) is 7.05. The van der Waals surface area contributed by atoms with E-state index in [1.807, 2.05) is 18.2 Å². The lowest BCUT2D eigenvalue weighted by molar-refractivity contribution is 0.100. The van der Waals surface area contributed by atoms with Crippen LogP contribution in [0.25, 0.3) is 0 Å². The van der Waals surface area contributed by atoms with E-state index in [1.165, 1.54) is 5.69 Å². The molecule has 108 valence electrons. The van der Waals surface area contributed by atoms with Crippen molar-refractivity contribution in [1.29, 1.82) is 0 Å². The predicted molar refractivity (Wildman–Crippen MR) is 83.6 cm³/mol. The molecular weight excluding hydrogens is 264 g/mol. The number of amides is 1. The maximum Gasteiger partial charge on any atom is 0.252 e. The first-order chi connectivity index (χ1) is 10.3. The van der Waals surface area contributed by atoms with Crippen molar-refractivity contribution in [2.24, 2.45) is 5.73 Å². The summed E-state index contributed by atoms with van der Waals surface area (Å²) in [6.07, 6.45) is 1.70. The molecule has 5 heteroatoms. The number of anilines is 2. The minimum atomic E-state index is -0.427. The van der Waals surface area contributed by atoms with E-state index in [4.69, 9.17) is 5.73 Å². The number of pyridine rings is 1. The van der Waals surface area contributed by atoms with E-state index in [0.29, 0.717) is 11.4 Å². The number of para-hydroxylation sites is 1. The first-order valence-corrected chi connectivity index (χ1v) is 7.05. The van der Waals surface area contributed by atoms with Crippen LogP contribution in [-0.4, -0.2) is 37.1 Å². The van der Waals surface area contributed by atoms with Crippen LogP contribution < -0.4 is 15.5 Å². The Hall–Kier alpha value is -2.56. The Morgan fingerprint density at radius 3 is 2.29 bits per heavy atom. The lowest BCUT2D eigenvalue weighted by Gasteiger charge is -2.37. The molecule has 21 heavy (non-hydrogen) atoms. The smallest absolute Gasteiger partial charge is 0.252 e. The van der Waals surface area contributed by atoms with Gasteiger partial charge in [-0.3, -0.25) is 4.79 Å². The van der Waals surface area contributed by atoms with Gasteiger partial charge in [0.25, 0.3) is 5.91 Å². The molecule has 1 amide bonds. The molecule has 0 saturated carbocycles. The molecule has 1 aromatic heterocycles. The number of nitrogens with zero attached hydrogens (tertiary/aromatic N) is 3. The van der Waals surface area contributed by atoms with Gasteiger partial charge in [-0.1, -0.05) is 18.2 Å². The maximum atomic E-state index is 11.5. The van der Waals surface area contributed by atoms with Crippen LogP contribution in [0.1, 0.15) is 10.4 Å². The number of carbonyl (C=O) groups is 1. The van der Waals surface area contributed by atoms with E-state index < -0.39 is 5.91 Å². The molecule has 0 aliphatic carbocycles. The SMILES string of the molecule is NC(=O)c1cccnc1N1CCN(c2ccccc2)CC1. The summed E-state index contributed by atoms with van der Waals surface area (Å²) in [6, 6.07) is 13.8. The molecule has 1 saturated heterocycles. The summed E-state index contributed by atoms with van der Waals surface area (Å²) < 4.78 is 0. The van der Waals surface area contributed by atoms with Gasteiger partial charge in [0.05, 0.1) is 5.56 Å². The van der Waals surface area contributed by atoms with Crippen molar-refractivity contribution in [2.75, 3.05) is 36.0 Å². The number of hydrogen-bond donors (Lipinski definition) is 1. The number of nitrogens with two attached hydrogens (primary N) is 1. The molecule has 1 aliphatic heterocycles. The van der Waals surface area contributed by atoms with E-state index in [0.717, 1.165) is 26.2 Å². The highest BCUT2D eigenvalue weighted by Crippen LogP contribution is 2.21. The van der Waals surface area contributed by atoms with Gasteiger partial charge in [-0.05, 0) is 24.3 Å². The minimum absolute atomic E-state index is 0.427. The van der Waals surface area contributed by atoms with Crippen LogP contribution in [0.15, 0.2) is 48.7 Å². The Morgan fingerprint density at radius 1 is 0.952 bits per heavy atom. The second-order valence-electron chi connectivity index (χ2n) is 5.05. The number of rotatable bonds is 3. The molecule has 2 aromatic rings. The predicted octanol–water partition coefficient (Wildman–Crippen LogP) is 1.51. The topological polar surface area (TPSA) is 62.5 Å². The largest absolute Gasteiger partial charge is 0.368 e. The fraction of sp³-hybridized carbons (Fsp3) is 0.250. The van der Waals surface area contributed by atoms with E-state index in [9.17, 15) is 4.79 Å². The van der Waals surface area contributed by atoms with Crippen LogP contribution in [0.3, 0.4) is 0 Å². The lowest BCUT2D eigenvalue weighted by atomic mass is 10.2. The van der Waals surface area contributed by atoms with Gasteiger partial charge in [0.2, 0.25) is 0 Å². The van der Waals surface area contributed by atoms with Gasteiger partial charge in [-0.15, -0.1) is 0 Å². The van der Waals surface area contributed by atoms with Gasteiger partial charge >= 0.3 is 0 Å². The molecule has 0 spiro atoms. The summed E-state index contributed by atoms with van der Waals surface area (Å²) >= 11 is 0. The van der Waals surface area contributed by atoms with Gasteiger partial charge in [0.15, 0.2) is 0 Å². The van der Waals surface area contributed by atoms with Crippen LogP contribution in [0, 0.1) is 0 Å². The summed E-state index contributed by atoms with van der Waals surface area (Å²) in [7, 11) is 0. The highest BCUT2D eigenvalue weighted by molar-refractivity contribution is 5.97. The third-order valence-electron chi connectivity index (χ3n) is 3.75. The van der Waals surface area contributed by atoms with Crippen molar-refractivity contribution in [3.8, 4) is 0 Å². The minimum Gasteiger partial charge on any atom is -0.368 e. The number of carbonyl (C=O) groups excluding carboxylic acids is 1. The van der Waals surface area contributed by atoms with Crippen molar-refractivity contribution in [1.82, 2.24) is 4.98 Å². The Balaban J connectivity index is 1.73. The zero-order valence-electron chi connectivity index (χ0n) is 11.8. The molecule has 1 aromatic carbocycles. The quantitative estimate of drug-likeness (QED) is 0.927. The first kappa shape index (κ1) is 13.4. The van der Waals surface area contributed by atoms with E-state index >= 15 is 0 Å². The Kier molecular flexibility index (Phi) is 3.73. The average Bonchev–Trinajstić information content (AvgIpc) is 2.56. The summed E-state index contributed by atoms with van der Waals surface area (Å²) in [5, 5.41) is 0. The van der Waals surface area contributed by atoms with Crippen molar-refractivity contribution in [3.05, 3.63) is 54.2 Å². The highest BCUT2D eigenvalue weighted by atomic mass is 16.1. The molecule has 2 N–H and O–H groups in total. The third-order valence-corrected chi connectivity index (χ3v) is 3.75. The van der Waals surface area contributed by atoms with Gasteiger partial charge in [-0.25, -0.2) is 4.98 Å². The van der Waals surface area contributed by atoms with Crippen molar-refractivity contribution < 1.29 is 4.79 Å². The monoisotopic (exact) mass is 282 g/mol. The molecule has 0 atom stereocenters. The van der Waals surface area contributed by atoms with Crippen molar-refractivity contribution >= 4 is 17.4 Å². The molecule has 1 fully saturated rings. The summed E-state index contributed by atoms with van der Waals surface area (Å²) in [5.74, 6) is 0.265. The van der Waals surface area contributed by atoms with Gasteiger partial charge < -0.3 is 15.5 Å². The van der Waals surface area contributed by atoms with Crippen LogP contribution in [0.4, 0.5) is 11.5 Å². The van der Waals surface area contributed by atoms with E-state index in [1.54, 1.807) is 18.3 Å². The summed E-state index contributed by atoms with van der Waals surface area (Å²) in [5.41, 5.74) is 7.14. The van der Waals surface area contributed by atoms with Crippen molar-refractivity contribution in [3.63, 3.8) is 0 Å².